The average Bonchev–Trinajstić information content (AvgIpc) is 2.26. The molecule has 15 heavy (non-hydrogen) atoms. The van der Waals surface area contributed by atoms with Crippen molar-refractivity contribution in [2.75, 3.05) is 19.7 Å². The number of nitrogens with one attached hydrogen (secondary N) is 1. The van der Waals surface area contributed by atoms with Gasteiger partial charge in [0.15, 0.2) is 0 Å². The maximum absolute atomic E-state index is 8.84. The molecule has 3 heteroatoms. The highest BCUT2D eigenvalue weighted by Gasteiger charge is 2.17. The number of hydrogen-bond acceptors (Lipinski definition) is 3. The maximum atomic E-state index is 8.84. The molecule has 0 bridgehead atoms. The molecule has 1 fully saturated rings. The van der Waals surface area contributed by atoms with Gasteiger partial charge < -0.3 is 10.1 Å². The topological polar surface area (TPSA) is 45.0 Å². The van der Waals surface area contributed by atoms with Crippen LogP contribution in [0, 0.1) is 16.7 Å². The van der Waals surface area contributed by atoms with Crippen molar-refractivity contribution in [2.24, 2.45) is 5.41 Å². The zero-order valence-electron chi connectivity index (χ0n) is 9.88. The Morgan fingerprint density at radius 1 is 1.53 bits per heavy atom. The summed E-state index contributed by atoms with van der Waals surface area (Å²) in [5.41, 5.74) is -0.200. The minimum absolute atomic E-state index is 0.200. The number of nitriles is 1. The fourth-order valence-electron chi connectivity index (χ4n) is 1.78. The Morgan fingerprint density at radius 2 is 2.33 bits per heavy atom. The summed E-state index contributed by atoms with van der Waals surface area (Å²) in [5.74, 6) is 0. The van der Waals surface area contributed by atoms with E-state index in [1.807, 2.05) is 13.8 Å². The molecule has 1 aliphatic rings. The first-order valence-electron chi connectivity index (χ1n) is 5.88. The normalized spacial score (nSPS) is 22.3. The molecular weight excluding hydrogens is 188 g/mol. The highest BCUT2D eigenvalue weighted by atomic mass is 16.5. The van der Waals surface area contributed by atoms with Crippen molar-refractivity contribution >= 4 is 0 Å². The van der Waals surface area contributed by atoms with Crippen molar-refractivity contribution < 1.29 is 4.74 Å². The Balaban J connectivity index is 2.04. The van der Waals surface area contributed by atoms with E-state index >= 15 is 0 Å². The van der Waals surface area contributed by atoms with E-state index < -0.39 is 0 Å². The lowest BCUT2D eigenvalue weighted by Gasteiger charge is -2.23. The Morgan fingerprint density at radius 3 is 2.93 bits per heavy atom. The van der Waals surface area contributed by atoms with Crippen LogP contribution in [0.3, 0.4) is 0 Å². The predicted octanol–water partition coefficient (Wildman–Crippen LogP) is 2.08. The molecule has 86 valence electrons. The van der Waals surface area contributed by atoms with E-state index in [-0.39, 0.29) is 5.41 Å². The second kappa shape index (κ2) is 6.09. The van der Waals surface area contributed by atoms with Gasteiger partial charge in [0.25, 0.3) is 0 Å². The summed E-state index contributed by atoms with van der Waals surface area (Å²) in [6.07, 6.45) is 4.69. The predicted molar refractivity (Wildman–Crippen MR) is 60.5 cm³/mol. The van der Waals surface area contributed by atoms with Crippen LogP contribution in [0.15, 0.2) is 0 Å². The first kappa shape index (κ1) is 12.5. The van der Waals surface area contributed by atoms with E-state index in [2.05, 4.69) is 11.4 Å². The third-order valence-electron chi connectivity index (χ3n) is 2.85. The molecule has 1 aliphatic heterocycles. The molecule has 0 spiro atoms. The Labute approximate surface area is 92.8 Å². The van der Waals surface area contributed by atoms with Crippen molar-refractivity contribution in [2.45, 2.75) is 45.6 Å². The summed E-state index contributed by atoms with van der Waals surface area (Å²) in [7, 11) is 0. The number of hydrogen-bond donors (Lipinski definition) is 1. The number of rotatable bonds is 5. The molecule has 1 rings (SSSR count). The molecule has 1 saturated heterocycles. The van der Waals surface area contributed by atoms with Crippen LogP contribution in [0.2, 0.25) is 0 Å². The van der Waals surface area contributed by atoms with E-state index in [9.17, 15) is 0 Å². The minimum atomic E-state index is -0.200. The number of piperidine rings is 1. The first-order valence-corrected chi connectivity index (χ1v) is 5.88. The Kier molecular flexibility index (Phi) is 5.07. The van der Waals surface area contributed by atoms with Crippen LogP contribution in [0.5, 0.6) is 0 Å². The third-order valence-corrected chi connectivity index (χ3v) is 2.85. The Hall–Kier alpha value is -0.590. The molecular formula is C12H22N2O. The Bertz CT molecular complexity index is 214. The van der Waals surface area contributed by atoms with Gasteiger partial charge in [-0.15, -0.1) is 0 Å². The zero-order valence-corrected chi connectivity index (χ0v) is 9.88. The molecule has 1 atom stereocenters. The standard InChI is InChI=1S/C12H22N2O/c1-12(2,10-13)6-4-8-15-11-5-3-7-14-9-11/h11,14H,3-9H2,1-2H3/t11-/m0/s1. The van der Waals surface area contributed by atoms with Gasteiger partial charge in [-0.3, -0.25) is 0 Å². The lowest BCUT2D eigenvalue weighted by atomic mass is 9.90. The summed E-state index contributed by atoms with van der Waals surface area (Å²) in [6, 6.07) is 2.31. The highest BCUT2D eigenvalue weighted by Crippen LogP contribution is 2.20. The van der Waals surface area contributed by atoms with Crippen LogP contribution in [-0.4, -0.2) is 25.8 Å². The van der Waals surface area contributed by atoms with Crippen LogP contribution in [0.1, 0.15) is 39.5 Å². The van der Waals surface area contributed by atoms with Gasteiger partial charge in [-0.1, -0.05) is 0 Å². The molecule has 0 aliphatic carbocycles. The maximum Gasteiger partial charge on any atom is 0.0699 e. The quantitative estimate of drug-likeness (QED) is 0.707. The zero-order chi connectivity index (χ0) is 11.1. The fourth-order valence-corrected chi connectivity index (χ4v) is 1.78. The first-order chi connectivity index (χ1) is 7.14. The van der Waals surface area contributed by atoms with Gasteiger partial charge in [-0.25, -0.2) is 0 Å². The minimum Gasteiger partial charge on any atom is -0.377 e. The molecule has 0 saturated carbocycles. The van der Waals surface area contributed by atoms with Gasteiger partial charge in [-0.05, 0) is 46.1 Å². The van der Waals surface area contributed by atoms with E-state index in [0.717, 1.165) is 32.5 Å². The van der Waals surface area contributed by atoms with Crippen LogP contribution in [0.25, 0.3) is 0 Å². The summed E-state index contributed by atoms with van der Waals surface area (Å²) < 4.78 is 5.75. The van der Waals surface area contributed by atoms with Crippen LogP contribution in [0.4, 0.5) is 0 Å². The lowest BCUT2D eigenvalue weighted by Crippen LogP contribution is -2.35. The summed E-state index contributed by atoms with van der Waals surface area (Å²) >= 11 is 0. The van der Waals surface area contributed by atoms with E-state index in [1.54, 1.807) is 0 Å². The van der Waals surface area contributed by atoms with Crippen molar-refractivity contribution in [1.82, 2.24) is 5.32 Å². The van der Waals surface area contributed by atoms with E-state index in [4.69, 9.17) is 10.00 Å². The molecule has 0 aromatic carbocycles. The van der Waals surface area contributed by atoms with Crippen LogP contribution >= 0.6 is 0 Å². The molecule has 0 aromatic rings. The van der Waals surface area contributed by atoms with E-state index in [0.29, 0.717) is 6.10 Å². The van der Waals surface area contributed by atoms with Gasteiger partial charge >= 0.3 is 0 Å². The summed E-state index contributed by atoms with van der Waals surface area (Å²) in [4.78, 5) is 0. The molecule has 0 amide bonds. The third kappa shape index (κ3) is 5.15. The molecule has 0 radical (unpaired) electrons. The van der Waals surface area contributed by atoms with Gasteiger partial charge in [0, 0.05) is 13.2 Å². The van der Waals surface area contributed by atoms with Gasteiger partial charge in [-0.2, -0.15) is 5.26 Å². The summed E-state index contributed by atoms with van der Waals surface area (Å²) in [5, 5.41) is 12.2. The van der Waals surface area contributed by atoms with E-state index in [1.165, 1.54) is 12.8 Å². The molecule has 1 N–H and O–H groups in total. The van der Waals surface area contributed by atoms with Crippen LogP contribution in [-0.2, 0) is 4.74 Å². The molecule has 1 heterocycles. The number of nitrogens with zero attached hydrogens (tertiary/aromatic N) is 1. The second-order valence-corrected chi connectivity index (χ2v) is 4.94. The largest absolute Gasteiger partial charge is 0.377 e. The SMILES string of the molecule is CC(C)(C#N)CCCO[C@H]1CCCNC1. The molecule has 3 nitrogen and oxygen atoms in total. The molecule has 0 unspecified atom stereocenters. The monoisotopic (exact) mass is 210 g/mol. The summed E-state index contributed by atoms with van der Waals surface area (Å²) in [6.45, 7) is 6.87. The molecule has 0 aromatic heterocycles. The second-order valence-electron chi connectivity index (χ2n) is 4.94. The lowest BCUT2D eigenvalue weighted by molar-refractivity contribution is 0.0326. The van der Waals surface area contributed by atoms with Gasteiger partial charge in [0.1, 0.15) is 0 Å². The highest BCUT2D eigenvalue weighted by molar-refractivity contribution is 4.91. The van der Waals surface area contributed by atoms with Crippen molar-refractivity contribution in [3.05, 3.63) is 0 Å². The van der Waals surface area contributed by atoms with Crippen molar-refractivity contribution in [1.29, 1.82) is 5.26 Å². The van der Waals surface area contributed by atoms with Crippen molar-refractivity contribution in [3.8, 4) is 6.07 Å². The smallest absolute Gasteiger partial charge is 0.0699 e. The number of ether oxygens (including phenoxy) is 1. The van der Waals surface area contributed by atoms with Gasteiger partial charge in [0.2, 0.25) is 0 Å². The van der Waals surface area contributed by atoms with Crippen molar-refractivity contribution in [3.63, 3.8) is 0 Å². The van der Waals surface area contributed by atoms with Crippen LogP contribution < -0.4 is 5.32 Å². The average molecular weight is 210 g/mol. The fraction of sp³-hybridized carbons (Fsp3) is 0.917. The van der Waals surface area contributed by atoms with Gasteiger partial charge in [0.05, 0.1) is 17.6 Å².